The topological polar surface area (TPSA) is 217 Å². The van der Waals surface area contributed by atoms with Crippen molar-refractivity contribution in [3.63, 3.8) is 0 Å². The molecule has 3 amide bonds. The van der Waals surface area contributed by atoms with E-state index in [-0.39, 0.29) is 81.2 Å². The van der Waals surface area contributed by atoms with Crippen molar-refractivity contribution in [2.24, 2.45) is 0 Å². The molecule has 1 aromatic heterocycles. The molecule has 1 saturated heterocycles. The lowest BCUT2D eigenvalue weighted by atomic mass is 9.80. The summed E-state index contributed by atoms with van der Waals surface area (Å²) in [7, 11) is 3.20. The van der Waals surface area contributed by atoms with Crippen LogP contribution in [0.5, 0.6) is 17.2 Å². The number of hydrogen-bond acceptors (Lipinski definition) is 16. The number of carbonyl (C=O) groups is 4. The van der Waals surface area contributed by atoms with Crippen LogP contribution in [0, 0.1) is 0 Å². The van der Waals surface area contributed by atoms with Gasteiger partial charge in [-0.3, -0.25) is 14.2 Å². The third-order valence-corrected chi connectivity index (χ3v) is 18.7. The van der Waals surface area contributed by atoms with Crippen molar-refractivity contribution in [1.29, 1.82) is 0 Å². The Hall–Kier alpha value is -9.27. The van der Waals surface area contributed by atoms with Gasteiger partial charge in [0.05, 0.1) is 46.5 Å². The molecule has 4 atom stereocenters. The number of carbonyl (C=O) groups excluding carboxylic acids is 4. The normalized spacial score (nSPS) is 15.4. The summed E-state index contributed by atoms with van der Waals surface area (Å²) in [4.78, 5) is 71.8. The molecule has 7 aromatic carbocycles. The first-order valence-corrected chi connectivity index (χ1v) is 33.0. The van der Waals surface area contributed by atoms with Gasteiger partial charge in [0.15, 0.2) is 0 Å². The maximum Gasteiger partial charge on any atom is 0.513 e. The highest BCUT2D eigenvalue weighted by atomic mass is 31.2. The van der Waals surface area contributed by atoms with E-state index in [4.69, 9.17) is 42.2 Å². The zero-order chi connectivity index (χ0) is 67.0. The minimum absolute atomic E-state index is 0.0164. The van der Waals surface area contributed by atoms with Gasteiger partial charge in [-0.25, -0.2) is 19.1 Å². The molecule has 20 nitrogen and oxygen atoms in total. The molecule has 0 spiro atoms. The van der Waals surface area contributed by atoms with Crippen molar-refractivity contribution in [3.8, 4) is 28.4 Å². The smallest absolute Gasteiger partial charge is 0.497 e. The second-order valence-corrected chi connectivity index (χ2v) is 25.0. The molecule has 8 aromatic rings. The summed E-state index contributed by atoms with van der Waals surface area (Å²) in [6.45, 7) is 11.3. The van der Waals surface area contributed by atoms with Crippen molar-refractivity contribution >= 4 is 38.4 Å². The van der Waals surface area contributed by atoms with Gasteiger partial charge in [-0.1, -0.05) is 134 Å². The van der Waals surface area contributed by atoms with Crippen molar-refractivity contribution < 1.29 is 61.4 Å². The fourth-order valence-corrected chi connectivity index (χ4v) is 13.6. The van der Waals surface area contributed by atoms with E-state index in [1.54, 1.807) is 82.1 Å². The van der Waals surface area contributed by atoms with Crippen molar-refractivity contribution in [2.45, 2.75) is 102 Å². The van der Waals surface area contributed by atoms with E-state index in [1.165, 1.54) is 9.47 Å². The number of hydrogen-bond donors (Lipinski definition) is 2. The summed E-state index contributed by atoms with van der Waals surface area (Å²) in [6.07, 6.45) is -1.05. The van der Waals surface area contributed by atoms with Gasteiger partial charge < -0.3 is 57.7 Å². The first-order chi connectivity index (χ1) is 46.0. The largest absolute Gasteiger partial charge is 0.513 e. The number of nitrogens with one attached hydrogen (secondary N) is 2. The molecule has 2 unspecified atom stereocenters. The number of methoxy groups -OCH3 is 2. The number of benzene rings is 7. The van der Waals surface area contributed by atoms with Gasteiger partial charge >= 0.3 is 17.9 Å². The van der Waals surface area contributed by atoms with Crippen LogP contribution in [0.3, 0.4) is 0 Å². The lowest BCUT2D eigenvalue weighted by Crippen LogP contribution is -2.39. The summed E-state index contributed by atoms with van der Waals surface area (Å²) < 4.78 is 58.9. The number of ether oxygens (including phenoxy) is 7. The SMILES string of the molecule is CCCOP(OC1C[C@H](n2ccc(NC(=O)c3ccc(CNC(=O)Cc4ccc(OC(=O)OCCN(C)C(=O)OCC5c6ccccc6-c6ccccc65)cc4)cc3)nc2=O)O[C@@H]1COC(c1ccccc1)(c1ccc(OC)cc1)c1ccc(OC)cc1)N(C(C)C)C(C)C. The quantitative estimate of drug-likeness (QED) is 0.0193. The van der Waals surface area contributed by atoms with Crippen LogP contribution in [-0.2, 0) is 51.4 Å². The molecule has 1 aliphatic carbocycles. The summed E-state index contributed by atoms with van der Waals surface area (Å²) in [5.74, 6) is 0.790. The van der Waals surface area contributed by atoms with Crippen LogP contribution in [0.25, 0.3) is 11.1 Å². The van der Waals surface area contributed by atoms with Gasteiger partial charge in [-0.2, -0.15) is 4.98 Å². The van der Waals surface area contributed by atoms with Crippen LogP contribution >= 0.6 is 8.53 Å². The molecule has 2 heterocycles. The van der Waals surface area contributed by atoms with E-state index in [1.807, 2.05) is 103 Å². The fourth-order valence-electron chi connectivity index (χ4n) is 11.8. The zero-order valence-corrected chi connectivity index (χ0v) is 55.6. The molecule has 21 heteroatoms. The molecule has 1 aliphatic heterocycles. The molecule has 1 fully saturated rings. The van der Waals surface area contributed by atoms with Crippen molar-refractivity contribution in [3.05, 3.63) is 243 Å². The second kappa shape index (κ2) is 32.2. The highest BCUT2D eigenvalue weighted by molar-refractivity contribution is 7.44. The number of nitrogens with zero attached hydrogens (tertiary/aromatic N) is 4. The van der Waals surface area contributed by atoms with E-state index in [0.29, 0.717) is 29.2 Å². The zero-order valence-electron chi connectivity index (χ0n) is 54.7. The molecule has 496 valence electrons. The molecule has 95 heavy (non-hydrogen) atoms. The standard InChI is InChI=1S/C74H81N6O14P/c1-9-42-91-95(80(49(2)3)50(4)5)94-65-45-69(93-66(65)48-90-74(54-17-11-10-12-18-54,55-29-35-57(86-7)36-30-55)56-31-37-58(87-8)38-32-56)79-40-39-67(77-71(79)83)76-70(82)53-27-23-52(24-28-53)46-75-68(81)44-51-25-33-59(34-26-51)92-73(85)88-43-41-78(6)72(84)89-47-64-62-21-15-13-19-60(62)61-20-14-16-22-63(61)64/h10-40,49-50,64-66,69H,9,41-48H2,1-8H3,(H,75,81)(H,76,77,82,83)/t65?,66-,69-,95?/m1/s1. The Bertz CT molecular complexity index is 3830. The molecular weight excluding hydrogens is 1230 g/mol. The number of fused-ring (bicyclic) bond motifs is 3. The predicted molar refractivity (Wildman–Crippen MR) is 361 cm³/mol. The summed E-state index contributed by atoms with van der Waals surface area (Å²) >= 11 is 0. The first kappa shape index (κ1) is 68.6. The number of anilines is 1. The Kier molecular flexibility index (Phi) is 23.3. The van der Waals surface area contributed by atoms with Crippen LogP contribution in [0.15, 0.2) is 193 Å². The van der Waals surface area contributed by atoms with E-state index in [2.05, 4.69) is 79.2 Å². The monoisotopic (exact) mass is 1310 g/mol. The van der Waals surface area contributed by atoms with Crippen LogP contribution in [0.1, 0.15) is 109 Å². The van der Waals surface area contributed by atoms with Crippen molar-refractivity contribution in [2.75, 3.05) is 59.6 Å². The fraction of sp³-hybridized carbons (Fsp3) is 0.324. The molecule has 10 rings (SSSR count). The molecule has 0 saturated carbocycles. The first-order valence-electron chi connectivity index (χ1n) is 31.8. The summed E-state index contributed by atoms with van der Waals surface area (Å²) in [5.41, 5.74) is 6.90. The van der Waals surface area contributed by atoms with Crippen LogP contribution in [-0.4, -0.2) is 122 Å². The Labute approximate surface area is 555 Å². The highest BCUT2D eigenvalue weighted by Gasteiger charge is 2.45. The number of aromatic nitrogens is 2. The van der Waals surface area contributed by atoms with E-state index < -0.39 is 56.4 Å². The molecular formula is C74H81N6O14P. The highest BCUT2D eigenvalue weighted by Crippen LogP contribution is 2.51. The molecule has 2 N–H and O–H groups in total. The number of likely N-dealkylation sites (N-methyl/N-ethyl adjacent to an activating group) is 1. The maximum atomic E-state index is 14.1. The van der Waals surface area contributed by atoms with Gasteiger partial charge in [0, 0.05) is 49.8 Å². The summed E-state index contributed by atoms with van der Waals surface area (Å²) in [5, 5.41) is 5.64. The Morgan fingerprint density at radius 2 is 1.26 bits per heavy atom. The van der Waals surface area contributed by atoms with Gasteiger partial charge in [0.25, 0.3) is 14.4 Å². The Morgan fingerprint density at radius 3 is 1.85 bits per heavy atom. The number of amides is 3. The molecule has 0 bridgehead atoms. The van der Waals surface area contributed by atoms with Gasteiger partial charge in [0.2, 0.25) is 5.91 Å². The van der Waals surface area contributed by atoms with Gasteiger partial charge in [-0.05, 0) is 139 Å². The summed E-state index contributed by atoms with van der Waals surface area (Å²) in [6, 6.07) is 56.6. The number of rotatable bonds is 29. The Morgan fingerprint density at radius 1 is 0.684 bits per heavy atom. The molecule has 0 radical (unpaired) electrons. The van der Waals surface area contributed by atoms with Crippen molar-refractivity contribution in [1.82, 2.24) is 24.4 Å². The van der Waals surface area contributed by atoms with Gasteiger partial charge in [0.1, 0.15) is 54.2 Å². The average molecular weight is 1310 g/mol. The minimum Gasteiger partial charge on any atom is -0.497 e. The lowest BCUT2D eigenvalue weighted by molar-refractivity contribution is -0.120. The van der Waals surface area contributed by atoms with E-state index in [9.17, 15) is 24.0 Å². The Balaban J connectivity index is 0.724. The van der Waals surface area contributed by atoms with Gasteiger partial charge in [-0.15, -0.1) is 0 Å². The lowest BCUT2D eigenvalue weighted by Gasteiger charge is -2.39. The van der Waals surface area contributed by atoms with Crippen LogP contribution < -0.4 is 30.5 Å². The average Bonchev–Trinajstić information content (AvgIpc) is 1.73. The van der Waals surface area contributed by atoms with E-state index >= 15 is 0 Å². The minimum atomic E-state index is -1.62. The second-order valence-electron chi connectivity index (χ2n) is 23.6. The van der Waals surface area contributed by atoms with Crippen LogP contribution in [0.4, 0.5) is 15.4 Å². The van der Waals surface area contributed by atoms with E-state index in [0.717, 1.165) is 50.9 Å². The van der Waals surface area contributed by atoms with Crippen LogP contribution in [0.2, 0.25) is 0 Å². The third kappa shape index (κ3) is 16.8. The molecule has 2 aliphatic rings. The maximum absolute atomic E-state index is 14.1. The third-order valence-electron chi connectivity index (χ3n) is 16.6. The predicted octanol–water partition coefficient (Wildman–Crippen LogP) is 13.2.